The molecule has 1 aliphatic rings. The number of nitro benzene ring substituents is 1. The maximum atomic E-state index is 12.0. The van der Waals surface area contributed by atoms with Gasteiger partial charge < -0.3 is 15.0 Å². The van der Waals surface area contributed by atoms with Crippen LogP contribution < -0.4 is 10.2 Å². The van der Waals surface area contributed by atoms with Gasteiger partial charge in [0.25, 0.3) is 5.69 Å². The Morgan fingerprint density at radius 2 is 2.12 bits per heavy atom. The number of pyridine rings is 1. The van der Waals surface area contributed by atoms with Gasteiger partial charge in [-0.1, -0.05) is 0 Å². The normalized spacial score (nSPS) is 17.3. The molecule has 1 aliphatic heterocycles. The number of aromatic nitrogens is 1. The zero-order chi connectivity index (χ0) is 18.9. The number of nitrogens with zero attached hydrogens (tertiary/aromatic N) is 3. The lowest BCUT2D eigenvalue weighted by molar-refractivity contribution is -0.383. The summed E-state index contributed by atoms with van der Waals surface area (Å²) in [6.07, 6.45) is 3.50. The van der Waals surface area contributed by atoms with E-state index < -0.39 is 16.6 Å². The van der Waals surface area contributed by atoms with Crippen LogP contribution in [-0.2, 0) is 4.74 Å². The lowest BCUT2D eigenvalue weighted by atomic mass is 10.1. The van der Waals surface area contributed by atoms with Gasteiger partial charge in [-0.3, -0.25) is 15.1 Å². The average Bonchev–Trinajstić information content (AvgIpc) is 2.99. The number of nitrogens with one attached hydrogen (secondary N) is 1. The van der Waals surface area contributed by atoms with Crippen LogP contribution in [0.3, 0.4) is 0 Å². The summed E-state index contributed by atoms with van der Waals surface area (Å²) >= 11 is 0. The van der Waals surface area contributed by atoms with Gasteiger partial charge in [0.15, 0.2) is 0 Å². The SMILES string of the molecule is CC(C)(C)OC(=O)NC1CCN(c2ccc([N+](=O)[O-])c3cnccc23)C1. The van der Waals surface area contributed by atoms with Gasteiger partial charge in [0.05, 0.1) is 16.4 Å². The highest BCUT2D eigenvalue weighted by Gasteiger charge is 2.28. The molecule has 0 radical (unpaired) electrons. The monoisotopic (exact) mass is 358 g/mol. The number of non-ortho nitro benzene ring substituents is 1. The van der Waals surface area contributed by atoms with Gasteiger partial charge in [0.1, 0.15) is 5.60 Å². The molecule has 0 saturated carbocycles. The highest BCUT2D eigenvalue weighted by atomic mass is 16.6. The second-order valence-corrected chi connectivity index (χ2v) is 7.36. The van der Waals surface area contributed by atoms with E-state index in [4.69, 9.17) is 4.74 Å². The molecule has 1 N–H and O–H groups in total. The second-order valence-electron chi connectivity index (χ2n) is 7.36. The zero-order valence-corrected chi connectivity index (χ0v) is 15.1. The summed E-state index contributed by atoms with van der Waals surface area (Å²) in [5, 5.41) is 15.4. The van der Waals surface area contributed by atoms with E-state index in [1.54, 1.807) is 18.3 Å². The van der Waals surface area contributed by atoms with Crippen LogP contribution >= 0.6 is 0 Å². The number of alkyl carbamates (subject to hydrolysis) is 1. The molecule has 1 unspecified atom stereocenters. The van der Waals surface area contributed by atoms with E-state index >= 15 is 0 Å². The van der Waals surface area contributed by atoms with Crippen LogP contribution in [0.2, 0.25) is 0 Å². The first-order valence-corrected chi connectivity index (χ1v) is 8.50. The predicted molar refractivity (Wildman–Crippen MR) is 98.4 cm³/mol. The van der Waals surface area contributed by atoms with E-state index in [-0.39, 0.29) is 11.7 Å². The first-order valence-electron chi connectivity index (χ1n) is 8.50. The van der Waals surface area contributed by atoms with Crippen molar-refractivity contribution in [3.8, 4) is 0 Å². The number of carbonyl (C=O) groups is 1. The molecule has 8 nitrogen and oxygen atoms in total. The van der Waals surface area contributed by atoms with Gasteiger partial charge in [0, 0.05) is 42.6 Å². The van der Waals surface area contributed by atoms with Gasteiger partial charge in [-0.15, -0.1) is 0 Å². The smallest absolute Gasteiger partial charge is 0.407 e. The van der Waals surface area contributed by atoms with Crippen molar-refractivity contribution in [1.82, 2.24) is 10.3 Å². The summed E-state index contributed by atoms with van der Waals surface area (Å²) in [5.74, 6) is 0. The summed E-state index contributed by atoms with van der Waals surface area (Å²) in [7, 11) is 0. The van der Waals surface area contributed by atoms with Crippen LogP contribution in [0.25, 0.3) is 10.8 Å². The molecule has 0 bridgehead atoms. The van der Waals surface area contributed by atoms with E-state index in [0.29, 0.717) is 11.9 Å². The quantitative estimate of drug-likeness (QED) is 0.668. The van der Waals surface area contributed by atoms with Crippen LogP contribution in [0, 0.1) is 10.1 Å². The number of rotatable bonds is 3. The van der Waals surface area contributed by atoms with Gasteiger partial charge in [-0.25, -0.2) is 4.79 Å². The van der Waals surface area contributed by atoms with Gasteiger partial charge >= 0.3 is 6.09 Å². The minimum absolute atomic E-state index is 0.0306. The Morgan fingerprint density at radius 3 is 2.81 bits per heavy atom. The van der Waals surface area contributed by atoms with Crippen LogP contribution in [-0.4, -0.2) is 40.7 Å². The molecule has 2 aromatic rings. The Labute approximate surface area is 151 Å². The first kappa shape index (κ1) is 17.9. The van der Waals surface area contributed by atoms with Gasteiger partial charge in [-0.05, 0) is 39.3 Å². The third kappa shape index (κ3) is 3.84. The number of carbonyl (C=O) groups excluding carboxylic acids is 1. The van der Waals surface area contributed by atoms with Crippen LogP contribution in [0.5, 0.6) is 0 Å². The fraction of sp³-hybridized carbons (Fsp3) is 0.444. The average molecular weight is 358 g/mol. The molecule has 0 aliphatic carbocycles. The molecule has 0 spiro atoms. The van der Waals surface area contributed by atoms with E-state index in [1.807, 2.05) is 20.8 Å². The number of anilines is 1. The largest absolute Gasteiger partial charge is 0.444 e. The van der Waals surface area contributed by atoms with Crippen molar-refractivity contribution in [1.29, 1.82) is 0 Å². The molecule has 1 atom stereocenters. The summed E-state index contributed by atoms with van der Waals surface area (Å²) in [6.45, 7) is 6.84. The van der Waals surface area contributed by atoms with E-state index in [1.165, 1.54) is 12.3 Å². The topological polar surface area (TPSA) is 97.6 Å². The summed E-state index contributed by atoms with van der Waals surface area (Å²) in [4.78, 5) is 28.9. The number of hydrogen-bond acceptors (Lipinski definition) is 6. The molecule has 1 aromatic carbocycles. The number of hydrogen-bond donors (Lipinski definition) is 1. The van der Waals surface area contributed by atoms with Crippen molar-refractivity contribution in [2.75, 3.05) is 18.0 Å². The Hall–Kier alpha value is -2.90. The summed E-state index contributed by atoms with van der Waals surface area (Å²) in [5.41, 5.74) is 0.408. The van der Waals surface area contributed by atoms with Crippen LogP contribution in [0.1, 0.15) is 27.2 Å². The molecule has 2 heterocycles. The number of benzene rings is 1. The lowest BCUT2D eigenvalue weighted by Crippen LogP contribution is -2.40. The van der Waals surface area contributed by atoms with Crippen molar-refractivity contribution in [3.05, 3.63) is 40.7 Å². The van der Waals surface area contributed by atoms with Crippen molar-refractivity contribution in [3.63, 3.8) is 0 Å². The Balaban J connectivity index is 1.78. The van der Waals surface area contributed by atoms with E-state index in [9.17, 15) is 14.9 Å². The standard InChI is InChI=1S/C18H22N4O4/c1-18(2,3)26-17(23)20-12-7-9-21(11-12)15-4-5-16(22(24)25)14-10-19-8-6-13(14)15/h4-6,8,10,12H,7,9,11H2,1-3H3,(H,20,23). The molecule has 138 valence electrons. The second kappa shape index (κ2) is 6.78. The lowest BCUT2D eigenvalue weighted by Gasteiger charge is -2.23. The fourth-order valence-corrected chi connectivity index (χ4v) is 3.17. The van der Waals surface area contributed by atoms with Crippen molar-refractivity contribution < 1.29 is 14.5 Å². The van der Waals surface area contributed by atoms with Crippen LogP contribution in [0.15, 0.2) is 30.6 Å². The molecule has 1 fully saturated rings. The maximum Gasteiger partial charge on any atom is 0.407 e. The number of nitro groups is 1. The molecule has 1 aromatic heterocycles. The molecule has 26 heavy (non-hydrogen) atoms. The summed E-state index contributed by atoms with van der Waals surface area (Å²) in [6, 6.07) is 5.02. The van der Waals surface area contributed by atoms with Crippen molar-refractivity contribution in [2.45, 2.75) is 38.8 Å². The number of fused-ring (bicyclic) bond motifs is 1. The van der Waals surface area contributed by atoms with E-state index in [2.05, 4.69) is 15.2 Å². The van der Waals surface area contributed by atoms with Gasteiger partial charge in [0.2, 0.25) is 0 Å². The summed E-state index contributed by atoms with van der Waals surface area (Å²) < 4.78 is 5.30. The molecule has 3 rings (SSSR count). The molecule has 1 amide bonds. The predicted octanol–water partition coefficient (Wildman–Crippen LogP) is 3.25. The van der Waals surface area contributed by atoms with E-state index in [0.717, 1.165) is 24.0 Å². The first-order chi connectivity index (χ1) is 12.2. The van der Waals surface area contributed by atoms with Crippen LogP contribution in [0.4, 0.5) is 16.2 Å². The van der Waals surface area contributed by atoms with Gasteiger partial charge in [-0.2, -0.15) is 0 Å². The fourth-order valence-electron chi connectivity index (χ4n) is 3.17. The minimum atomic E-state index is -0.538. The highest BCUT2D eigenvalue weighted by molar-refractivity contribution is 5.99. The molecular formula is C18H22N4O4. The molecular weight excluding hydrogens is 336 g/mol. The number of amides is 1. The number of ether oxygens (including phenoxy) is 1. The Kier molecular flexibility index (Phi) is 4.67. The van der Waals surface area contributed by atoms with Crippen molar-refractivity contribution >= 4 is 28.2 Å². The third-order valence-corrected chi connectivity index (χ3v) is 4.22. The Morgan fingerprint density at radius 1 is 1.35 bits per heavy atom. The zero-order valence-electron chi connectivity index (χ0n) is 15.1. The Bertz CT molecular complexity index is 847. The third-order valence-electron chi connectivity index (χ3n) is 4.22. The molecule has 1 saturated heterocycles. The van der Waals surface area contributed by atoms with Crippen molar-refractivity contribution in [2.24, 2.45) is 0 Å². The maximum absolute atomic E-state index is 12.0. The minimum Gasteiger partial charge on any atom is -0.444 e. The highest BCUT2D eigenvalue weighted by Crippen LogP contribution is 2.34. The molecule has 8 heteroatoms.